The van der Waals surface area contributed by atoms with E-state index in [-0.39, 0.29) is 30.7 Å². The van der Waals surface area contributed by atoms with Crippen LogP contribution >= 0.6 is 24.8 Å². The second-order valence-corrected chi connectivity index (χ2v) is 7.11. The third-order valence-electron chi connectivity index (χ3n) is 4.90. The number of amides is 1. The number of carbonyl (C=O) groups excluding carboxylic acids is 1. The lowest BCUT2D eigenvalue weighted by Gasteiger charge is -2.22. The highest BCUT2D eigenvalue weighted by Crippen LogP contribution is 2.11. The summed E-state index contributed by atoms with van der Waals surface area (Å²) >= 11 is 0. The molecule has 0 bridgehead atoms. The first kappa shape index (κ1) is 24.4. The van der Waals surface area contributed by atoms with Crippen molar-refractivity contribution in [2.75, 3.05) is 26.2 Å². The standard InChI is InChI=1S/C22H29N3O.2ClH/c26-22(24-14-12-19-11-13-23-15-19)18-25(16-20-7-3-1-4-8-20)17-21-9-5-2-6-10-21;;/h1-10,19,23H,11-18H2,(H,24,26);2*1H. The summed E-state index contributed by atoms with van der Waals surface area (Å²) in [5.74, 6) is 0.822. The predicted molar refractivity (Wildman–Crippen MR) is 120 cm³/mol. The maximum Gasteiger partial charge on any atom is 0.234 e. The molecule has 2 N–H and O–H groups in total. The maximum absolute atomic E-state index is 12.4. The average Bonchev–Trinajstić information content (AvgIpc) is 3.17. The number of hydrogen-bond donors (Lipinski definition) is 2. The molecule has 154 valence electrons. The van der Waals surface area contributed by atoms with Crippen molar-refractivity contribution in [1.29, 1.82) is 0 Å². The van der Waals surface area contributed by atoms with Crippen LogP contribution in [-0.4, -0.2) is 37.0 Å². The van der Waals surface area contributed by atoms with E-state index in [2.05, 4.69) is 39.8 Å². The van der Waals surface area contributed by atoms with Crippen molar-refractivity contribution in [3.05, 3.63) is 71.8 Å². The summed E-state index contributed by atoms with van der Waals surface area (Å²) in [4.78, 5) is 14.6. The summed E-state index contributed by atoms with van der Waals surface area (Å²) in [5, 5.41) is 6.48. The number of halogens is 2. The predicted octanol–water partition coefficient (Wildman–Crippen LogP) is 3.65. The molecular formula is C22H31Cl2N3O. The minimum absolute atomic E-state index is 0. The van der Waals surface area contributed by atoms with Crippen LogP contribution in [-0.2, 0) is 17.9 Å². The lowest BCUT2D eigenvalue weighted by atomic mass is 10.1. The molecular weight excluding hydrogens is 393 g/mol. The Labute approximate surface area is 180 Å². The maximum atomic E-state index is 12.4. The second-order valence-electron chi connectivity index (χ2n) is 7.11. The average molecular weight is 424 g/mol. The first-order chi connectivity index (χ1) is 12.8. The topological polar surface area (TPSA) is 44.4 Å². The van der Waals surface area contributed by atoms with Gasteiger partial charge >= 0.3 is 0 Å². The van der Waals surface area contributed by atoms with Crippen LogP contribution in [0, 0.1) is 5.92 Å². The number of benzene rings is 2. The van der Waals surface area contributed by atoms with Gasteiger partial charge in [0.15, 0.2) is 0 Å². The van der Waals surface area contributed by atoms with Crippen LogP contribution in [0.5, 0.6) is 0 Å². The zero-order valence-corrected chi connectivity index (χ0v) is 17.8. The first-order valence-corrected chi connectivity index (χ1v) is 9.57. The van der Waals surface area contributed by atoms with Gasteiger partial charge in [-0.05, 0) is 43.0 Å². The van der Waals surface area contributed by atoms with Crippen LogP contribution in [0.25, 0.3) is 0 Å². The lowest BCUT2D eigenvalue weighted by molar-refractivity contribution is -0.122. The quantitative estimate of drug-likeness (QED) is 0.646. The Morgan fingerprint density at radius 1 is 0.964 bits per heavy atom. The molecule has 3 rings (SSSR count). The molecule has 0 spiro atoms. The summed E-state index contributed by atoms with van der Waals surface area (Å²) in [5.41, 5.74) is 2.46. The van der Waals surface area contributed by atoms with Gasteiger partial charge in [-0.1, -0.05) is 60.7 Å². The third kappa shape index (κ3) is 8.61. The fourth-order valence-corrected chi connectivity index (χ4v) is 3.49. The summed E-state index contributed by atoms with van der Waals surface area (Å²) in [6, 6.07) is 20.7. The van der Waals surface area contributed by atoms with Crippen molar-refractivity contribution < 1.29 is 4.79 Å². The molecule has 2 aromatic carbocycles. The van der Waals surface area contributed by atoms with Gasteiger partial charge in [-0.2, -0.15) is 0 Å². The van der Waals surface area contributed by atoms with Crippen molar-refractivity contribution >= 4 is 30.7 Å². The number of carbonyl (C=O) groups is 1. The number of hydrogen-bond acceptors (Lipinski definition) is 3. The third-order valence-corrected chi connectivity index (χ3v) is 4.90. The molecule has 1 aliphatic rings. The Kier molecular flexibility index (Phi) is 11.8. The lowest BCUT2D eigenvalue weighted by Crippen LogP contribution is -2.37. The van der Waals surface area contributed by atoms with E-state index in [0.29, 0.717) is 12.5 Å². The molecule has 1 fully saturated rings. The number of rotatable bonds is 9. The summed E-state index contributed by atoms with van der Waals surface area (Å²) in [6.45, 7) is 4.94. The monoisotopic (exact) mass is 423 g/mol. The van der Waals surface area contributed by atoms with Crippen LogP contribution in [0.2, 0.25) is 0 Å². The van der Waals surface area contributed by atoms with Gasteiger partial charge in [0.2, 0.25) is 5.91 Å². The molecule has 6 heteroatoms. The van der Waals surface area contributed by atoms with E-state index in [1.807, 2.05) is 36.4 Å². The molecule has 1 amide bonds. The smallest absolute Gasteiger partial charge is 0.234 e. The first-order valence-electron chi connectivity index (χ1n) is 9.57. The molecule has 1 heterocycles. The molecule has 1 saturated heterocycles. The van der Waals surface area contributed by atoms with Gasteiger partial charge in [0, 0.05) is 19.6 Å². The molecule has 4 nitrogen and oxygen atoms in total. The Morgan fingerprint density at radius 2 is 1.54 bits per heavy atom. The zero-order chi connectivity index (χ0) is 18.0. The van der Waals surface area contributed by atoms with Gasteiger partial charge in [0.25, 0.3) is 0 Å². The van der Waals surface area contributed by atoms with Gasteiger partial charge in [-0.25, -0.2) is 0 Å². The van der Waals surface area contributed by atoms with Gasteiger partial charge in [0.1, 0.15) is 0 Å². The fourth-order valence-electron chi connectivity index (χ4n) is 3.49. The number of nitrogens with zero attached hydrogens (tertiary/aromatic N) is 1. The molecule has 0 saturated carbocycles. The molecule has 1 unspecified atom stereocenters. The zero-order valence-electron chi connectivity index (χ0n) is 16.2. The minimum atomic E-state index is 0. The van der Waals surface area contributed by atoms with Crippen molar-refractivity contribution in [2.24, 2.45) is 5.92 Å². The summed E-state index contributed by atoms with van der Waals surface area (Å²) in [6.07, 6.45) is 2.29. The van der Waals surface area contributed by atoms with Crippen molar-refractivity contribution in [1.82, 2.24) is 15.5 Å². The number of nitrogens with one attached hydrogen (secondary N) is 2. The molecule has 2 aromatic rings. The van der Waals surface area contributed by atoms with Crippen LogP contribution in [0.15, 0.2) is 60.7 Å². The van der Waals surface area contributed by atoms with Crippen LogP contribution in [0.1, 0.15) is 24.0 Å². The highest BCUT2D eigenvalue weighted by molar-refractivity contribution is 5.85. The normalized spacial score (nSPS) is 15.5. The van der Waals surface area contributed by atoms with E-state index in [0.717, 1.165) is 39.1 Å². The van der Waals surface area contributed by atoms with Gasteiger partial charge in [-0.3, -0.25) is 9.69 Å². The molecule has 0 radical (unpaired) electrons. The Hall–Kier alpha value is -1.59. The van der Waals surface area contributed by atoms with Gasteiger partial charge in [-0.15, -0.1) is 24.8 Å². The van der Waals surface area contributed by atoms with Gasteiger partial charge < -0.3 is 10.6 Å². The van der Waals surface area contributed by atoms with Crippen molar-refractivity contribution in [3.63, 3.8) is 0 Å². The Balaban J connectivity index is 0.00000196. The summed E-state index contributed by atoms with van der Waals surface area (Å²) in [7, 11) is 0. The van der Waals surface area contributed by atoms with Crippen LogP contribution < -0.4 is 10.6 Å². The second kappa shape index (κ2) is 13.6. The molecule has 28 heavy (non-hydrogen) atoms. The molecule has 0 aromatic heterocycles. The van der Waals surface area contributed by atoms with E-state index in [9.17, 15) is 4.79 Å². The van der Waals surface area contributed by atoms with E-state index >= 15 is 0 Å². The molecule has 1 aliphatic heterocycles. The fraction of sp³-hybridized carbons (Fsp3) is 0.409. The van der Waals surface area contributed by atoms with Crippen molar-refractivity contribution in [2.45, 2.75) is 25.9 Å². The Morgan fingerprint density at radius 3 is 2.04 bits per heavy atom. The highest BCUT2D eigenvalue weighted by atomic mass is 35.5. The minimum Gasteiger partial charge on any atom is -0.355 e. The molecule has 0 aliphatic carbocycles. The van der Waals surface area contributed by atoms with Gasteiger partial charge in [0.05, 0.1) is 6.54 Å². The van der Waals surface area contributed by atoms with Crippen LogP contribution in [0.4, 0.5) is 0 Å². The van der Waals surface area contributed by atoms with E-state index in [1.54, 1.807) is 0 Å². The van der Waals surface area contributed by atoms with Crippen LogP contribution in [0.3, 0.4) is 0 Å². The molecule has 1 atom stereocenters. The SMILES string of the molecule is Cl.Cl.O=C(CN(Cc1ccccc1)Cc1ccccc1)NCCC1CCNC1. The van der Waals surface area contributed by atoms with E-state index in [1.165, 1.54) is 17.5 Å². The van der Waals surface area contributed by atoms with E-state index in [4.69, 9.17) is 0 Å². The Bertz CT molecular complexity index is 622. The van der Waals surface area contributed by atoms with E-state index < -0.39 is 0 Å². The largest absolute Gasteiger partial charge is 0.355 e. The summed E-state index contributed by atoms with van der Waals surface area (Å²) < 4.78 is 0. The highest BCUT2D eigenvalue weighted by Gasteiger charge is 2.15. The van der Waals surface area contributed by atoms with Crippen molar-refractivity contribution in [3.8, 4) is 0 Å².